The average Bonchev–Trinajstić information content (AvgIpc) is 2.28. The molecule has 0 nitrogen and oxygen atoms in total. The third-order valence-electron chi connectivity index (χ3n) is 2.50. The van der Waals surface area contributed by atoms with Crippen LogP contribution < -0.4 is 0 Å². The second-order valence-corrected chi connectivity index (χ2v) is 7.09. The van der Waals surface area contributed by atoms with Crippen LogP contribution in [0.15, 0.2) is 14.3 Å². The molecule has 0 aromatic carbocycles. The predicted molar refractivity (Wildman–Crippen MR) is 65.7 cm³/mol. The highest BCUT2D eigenvalue weighted by Crippen LogP contribution is 2.46. The van der Waals surface area contributed by atoms with E-state index in [0.29, 0.717) is 5.92 Å². The minimum atomic E-state index is 0.223. The van der Waals surface area contributed by atoms with Crippen molar-refractivity contribution in [2.75, 3.05) is 0 Å². The fraction of sp³-hybridized carbons (Fsp3) is 0.556. The lowest BCUT2D eigenvalue weighted by atomic mass is 9.82. The third kappa shape index (κ3) is 2.14. The fourth-order valence-corrected chi connectivity index (χ4v) is 4.07. The average molecular weight is 344 g/mol. The summed E-state index contributed by atoms with van der Waals surface area (Å²) in [4.78, 5) is 1.28. The van der Waals surface area contributed by atoms with Gasteiger partial charge < -0.3 is 0 Å². The molecule has 1 unspecified atom stereocenters. The Bertz CT molecular complexity index is 287. The molecule has 1 aliphatic rings. The molecule has 13 heavy (non-hydrogen) atoms. The van der Waals surface area contributed by atoms with Crippen LogP contribution in [0.25, 0.3) is 0 Å². The summed E-state index contributed by atoms with van der Waals surface area (Å²) in [6.07, 6.45) is 3.93. The van der Waals surface area contributed by atoms with E-state index in [1.54, 1.807) is 11.3 Å². The summed E-state index contributed by atoms with van der Waals surface area (Å²) in [6.45, 7) is 0. The summed E-state index contributed by atoms with van der Waals surface area (Å²) >= 11 is 15.1. The Kier molecular flexibility index (Phi) is 3.39. The fourth-order valence-electron chi connectivity index (χ4n) is 1.46. The molecule has 72 valence electrons. The predicted octanol–water partition coefficient (Wildman–Crippen LogP) is 5.35. The van der Waals surface area contributed by atoms with Crippen LogP contribution in [0.2, 0.25) is 0 Å². The molecular formula is C9H9Br2ClS. The Morgan fingerprint density at radius 3 is 2.54 bits per heavy atom. The highest BCUT2D eigenvalue weighted by molar-refractivity contribution is 9.13. The summed E-state index contributed by atoms with van der Waals surface area (Å²) in [7, 11) is 0. The Morgan fingerprint density at radius 1 is 1.46 bits per heavy atom. The molecule has 1 aliphatic carbocycles. The number of thiophene rings is 1. The minimum Gasteiger partial charge on any atom is -0.130 e. The van der Waals surface area contributed by atoms with Crippen molar-refractivity contribution in [3.05, 3.63) is 19.2 Å². The summed E-state index contributed by atoms with van der Waals surface area (Å²) < 4.78 is 2.27. The lowest BCUT2D eigenvalue weighted by molar-refractivity contribution is 0.307. The van der Waals surface area contributed by atoms with Gasteiger partial charge in [-0.15, -0.1) is 22.9 Å². The smallest absolute Gasteiger partial charge is 0.0843 e. The van der Waals surface area contributed by atoms with Crippen LogP contribution in [-0.4, -0.2) is 0 Å². The number of alkyl halides is 1. The molecule has 1 saturated carbocycles. The zero-order valence-electron chi connectivity index (χ0n) is 6.90. The number of halogens is 3. The first kappa shape index (κ1) is 10.5. The van der Waals surface area contributed by atoms with Crippen LogP contribution in [0.5, 0.6) is 0 Å². The molecule has 1 atom stereocenters. The topological polar surface area (TPSA) is 0 Å². The van der Waals surface area contributed by atoms with Gasteiger partial charge in [-0.05, 0) is 56.7 Å². The largest absolute Gasteiger partial charge is 0.130 e. The molecule has 2 rings (SSSR count). The Labute approximate surface area is 104 Å². The molecule has 0 spiro atoms. The molecule has 0 amide bonds. The lowest BCUT2D eigenvalue weighted by Gasteiger charge is -2.29. The Morgan fingerprint density at radius 2 is 2.15 bits per heavy atom. The van der Waals surface area contributed by atoms with E-state index in [4.69, 9.17) is 11.6 Å². The minimum absolute atomic E-state index is 0.223. The summed E-state index contributed by atoms with van der Waals surface area (Å²) in [6, 6.07) is 2.13. The Balaban J connectivity index is 2.14. The van der Waals surface area contributed by atoms with E-state index in [-0.39, 0.29) is 5.38 Å². The Hall–Kier alpha value is 0.950. The number of hydrogen-bond donors (Lipinski definition) is 0. The van der Waals surface area contributed by atoms with Crippen molar-refractivity contribution in [1.82, 2.24) is 0 Å². The SMILES string of the molecule is ClC(c1cc(Br)c(Br)s1)C1CCC1. The lowest BCUT2D eigenvalue weighted by Crippen LogP contribution is -2.15. The summed E-state index contributed by atoms with van der Waals surface area (Å²) in [5.74, 6) is 0.708. The van der Waals surface area contributed by atoms with Gasteiger partial charge in [0, 0.05) is 9.35 Å². The van der Waals surface area contributed by atoms with Gasteiger partial charge >= 0.3 is 0 Å². The molecular weight excluding hydrogens is 335 g/mol. The van der Waals surface area contributed by atoms with Gasteiger partial charge in [-0.2, -0.15) is 0 Å². The van der Waals surface area contributed by atoms with E-state index < -0.39 is 0 Å². The second kappa shape index (κ2) is 4.21. The molecule has 0 aliphatic heterocycles. The standard InChI is InChI=1S/C9H9Br2ClS/c10-6-4-7(13-9(6)11)8(12)5-2-1-3-5/h4-5,8H,1-3H2. The summed E-state index contributed by atoms with van der Waals surface area (Å²) in [5.41, 5.74) is 0. The molecule has 1 fully saturated rings. The molecule has 1 aromatic rings. The van der Waals surface area contributed by atoms with Crippen molar-refractivity contribution in [1.29, 1.82) is 0 Å². The van der Waals surface area contributed by atoms with Crippen LogP contribution in [0, 0.1) is 5.92 Å². The highest BCUT2D eigenvalue weighted by Gasteiger charge is 2.28. The van der Waals surface area contributed by atoms with Gasteiger partial charge in [-0.1, -0.05) is 6.42 Å². The van der Waals surface area contributed by atoms with Gasteiger partial charge in [-0.3, -0.25) is 0 Å². The number of rotatable bonds is 2. The first-order valence-electron chi connectivity index (χ1n) is 4.27. The normalized spacial score (nSPS) is 19.9. The maximum absolute atomic E-state index is 6.36. The van der Waals surface area contributed by atoms with Gasteiger partial charge in [0.25, 0.3) is 0 Å². The van der Waals surface area contributed by atoms with Gasteiger partial charge in [0.15, 0.2) is 0 Å². The van der Waals surface area contributed by atoms with Crippen LogP contribution >= 0.6 is 54.8 Å². The molecule has 1 aromatic heterocycles. The van der Waals surface area contributed by atoms with Crippen molar-refractivity contribution in [2.24, 2.45) is 5.92 Å². The van der Waals surface area contributed by atoms with E-state index >= 15 is 0 Å². The highest BCUT2D eigenvalue weighted by atomic mass is 79.9. The maximum Gasteiger partial charge on any atom is 0.0843 e. The summed E-state index contributed by atoms with van der Waals surface area (Å²) in [5, 5.41) is 0.223. The van der Waals surface area contributed by atoms with E-state index in [2.05, 4.69) is 37.9 Å². The molecule has 0 saturated heterocycles. The molecule has 0 N–H and O–H groups in total. The first-order chi connectivity index (χ1) is 6.18. The van der Waals surface area contributed by atoms with Crippen LogP contribution in [0.1, 0.15) is 29.5 Å². The van der Waals surface area contributed by atoms with Crippen molar-refractivity contribution in [2.45, 2.75) is 24.6 Å². The van der Waals surface area contributed by atoms with Gasteiger partial charge in [-0.25, -0.2) is 0 Å². The first-order valence-corrected chi connectivity index (χ1v) is 7.11. The van der Waals surface area contributed by atoms with Crippen LogP contribution in [0.3, 0.4) is 0 Å². The van der Waals surface area contributed by atoms with E-state index in [9.17, 15) is 0 Å². The van der Waals surface area contributed by atoms with Gasteiger partial charge in [0.1, 0.15) is 0 Å². The van der Waals surface area contributed by atoms with Gasteiger partial charge in [0.2, 0.25) is 0 Å². The van der Waals surface area contributed by atoms with E-state index in [0.717, 1.165) is 8.26 Å². The number of hydrogen-bond acceptors (Lipinski definition) is 1. The maximum atomic E-state index is 6.36. The van der Waals surface area contributed by atoms with Crippen molar-refractivity contribution >= 4 is 54.8 Å². The zero-order chi connectivity index (χ0) is 9.42. The van der Waals surface area contributed by atoms with Crippen molar-refractivity contribution in [3.8, 4) is 0 Å². The second-order valence-electron chi connectivity index (χ2n) is 3.36. The molecule has 1 heterocycles. The van der Waals surface area contributed by atoms with Crippen molar-refractivity contribution in [3.63, 3.8) is 0 Å². The quantitative estimate of drug-likeness (QED) is 0.634. The van der Waals surface area contributed by atoms with E-state index in [1.165, 1.54) is 24.1 Å². The molecule has 0 radical (unpaired) electrons. The van der Waals surface area contributed by atoms with Crippen molar-refractivity contribution < 1.29 is 0 Å². The van der Waals surface area contributed by atoms with Gasteiger partial charge in [0.05, 0.1) is 9.16 Å². The monoisotopic (exact) mass is 342 g/mol. The van der Waals surface area contributed by atoms with Crippen LogP contribution in [-0.2, 0) is 0 Å². The zero-order valence-corrected chi connectivity index (χ0v) is 11.6. The third-order valence-corrected chi connectivity index (χ3v) is 6.56. The molecule has 0 bridgehead atoms. The molecule has 4 heteroatoms. The van der Waals surface area contributed by atoms with Crippen LogP contribution in [0.4, 0.5) is 0 Å². The van der Waals surface area contributed by atoms with E-state index in [1.807, 2.05) is 0 Å².